The van der Waals surface area contributed by atoms with E-state index in [4.69, 9.17) is 18.9 Å². The zero-order valence-electron chi connectivity index (χ0n) is 35.0. The molecule has 3 atom stereocenters. The molecule has 0 aliphatic rings. The molecule has 3 unspecified atom stereocenters. The first kappa shape index (κ1) is 55.7. The molecule has 346 valence electrons. The molecule has 0 aliphatic heterocycles. The number of carbonyl (C=O) groups excluding carboxylic acids is 4. The lowest BCUT2D eigenvalue weighted by atomic mass is 9.94. The van der Waals surface area contributed by atoms with E-state index in [1.165, 1.54) is 25.7 Å². The van der Waals surface area contributed by atoms with Crippen molar-refractivity contribution in [2.75, 3.05) is 13.2 Å². The van der Waals surface area contributed by atoms with Gasteiger partial charge in [-0.1, -0.05) is 129 Å². The molecule has 0 aromatic heterocycles. The van der Waals surface area contributed by atoms with E-state index >= 15 is 0 Å². The van der Waals surface area contributed by atoms with Crippen molar-refractivity contribution < 1.29 is 90.7 Å². The quantitative estimate of drug-likeness (QED) is 0.0205. The Kier molecular flexibility index (Phi) is 28.4. The van der Waals surface area contributed by atoms with E-state index < -0.39 is 106 Å². The maximum absolute atomic E-state index is 13.1. The highest BCUT2D eigenvalue weighted by atomic mass is 32.2. The van der Waals surface area contributed by atoms with Crippen molar-refractivity contribution in [2.45, 2.75) is 191 Å². The second kappa shape index (κ2) is 30.7. The molecule has 0 saturated carbocycles. The van der Waals surface area contributed by atoms with Crippen LogP contribution in [0.4, 0.5) is 0 Å². The summed E-state index contributed by atoms with van der Waals surface area (Å²) in [5, 5.41) is 35.5. The fraction of sp³-hybridized carbons (Fsp3) is 0.800. The average Bonchev–Trinajstić information content (AvgIpc) is 3.13. The molecule has 0 rings (SSSR count). The highest BCUT2D eigenvalue weighted by Gasteiger charge is 2.52. The summed E-state index contributed by atoms with van der Waals surface area (Å²) in [6.45, 7) is 3.86. The lowest BCUT2D eigenvalue weighted by Gasteiger charge is -2.29. The Morgan fingerprint density at radius 3 is 1.08 bits per heavy atom. The Morgan fingerprint density at radius 1 is 0.467 bits per heavy atom. The van der Waals surface area contributed by atoms with Crippen LogP contribution >= 0.6 is 0 Å². The Bertz CT molecular complexity index is 1480. The van der Waals surface area contributed by atoms with Gasteiger partial charge < -0.3 is 39.4 Å². The summed E-state index contributed by atoms with van der Waals surface area (Å²) in [6.07, 6.45) is 11.4. The van der Waals surface area contributed by atoms with Crippen molar-refractivity contribution in [3.8, 4) is 0 Å². The van der Waals surface area contributed by atoms with E-state index in [0.29, 0.717) is 25.7 Å². The smallest absolute Gasteiger partial charge is 0.349 e. The van der Waals surface area contributed by atoms with E-state index in [2.05, 4.69) is 13.8 Å². The SMILES string of the molecule is CCCCCCCCCCCCOC(=O)CC(CC(=O)O)(OC(=O)CC(C(=O)OC(CC(=O)O)(CC(=O)OCCCCCCCCCCCC)C(=O)O)S(=O)(=O)O)C(=O)O. The Morgan fingerprint density at radius 2 is 0.783 bits per heavy atom. The summed E-state index contributed by atoms with van der Waals surface area (Å²) in [5.41, 5.74) is -6.53. The number of rotatable bonds is 38. The van der Waals surface area contributed by atoms with Crippen LogP contribution in [0, 0.1) is 0 Å². The van der Waals surface area contributed by atoms with Gasteiger partial charge in [0.15, 0.2) is 5.25 Å². The summed E-state index contributed by atoms with van der Waals surface area (Å²) in [7, 11) is -5.79. The van der Waals surface area contributed by atoms with Gasteiger partial charge in [0, 0.05) is 0 Å². The van der Waals surface area contributed by atoms with Crippen LogP contribution in [-0.4, -0.2) is 111 Å². The lowest BCUT2D eigenvalue weighted by Crippen LogP contribution is -2.51. The highest BCUT2D eigenvalue weighted by molar-refractivity contribution is 7.87. The maximum Gasteiger partial charge on any atom is 0.349 e. The molecule has 0 heterocycles. The van der Waals surface area contributed by atoms with Gasteiger partial charge in [0.05, 0.1) is 45.3 Å². The maximum atomic E-state index is 13.1. The van der Waals surface area contributed by atoms with Gasteiger partial charge in [-0.05, 0) is 12.8 Å². The van der Waals surface area contributed by atoms with Crippen LogP contribution in [0.3, 0.4) is 0 Å². The summed E-state index contributed by atoms with van der Waals surface area (Å²) >= 11 is 0. The van der Waals surface area contributed by atoms with Gasteiger partial charge in [0.2, 0.25) is 11.2 Å². The second-order valence-electron chi connectivity index (χ2n) is 15.0. The number of hydrogen-bond donors (Lipinski definition) is 5. The standard InChI is InChI=1S/C40H66O19S/c1-3-5-7-9-11-13-15-17-19-21-23-56-34(46)28-39(37(49)50,26-31(41)42)58-33(45)25-30(60(53,54)55)36(48)59-40(38(51)52,27-32(43)44)29-35(47)57-24-22-20-18-16-14-12-10-8-6-4-2/h30H,3-29H2,1-2H3,(H,41,42)(H,43,44)(H,49,50)(H,51,52)(H,53,54,55). The molecule has 20 heteroatoms. The lowest BCUT2D eigenvalue weighted by molar-refractivity contribution is -0.190. The molecule has 0 aromatic rings. The molecule has 0 spiro atoms. The van der Waals surface area contributed by atoms with Gasteiger partial charge in [-0.2, -0.15) is 8.42 Å². The first-order valence-electron chi connectivity index (χ1n) is 20.9. The third-order valence-corrected chi connectivity index (χ3v) is 10.7. The van der Waals surface area contributed by atoms with Crippen LogP contribution in [0.25, 0.3) is 0 Å². The number of hydrogen-bond acceptors (Lipinski definition) is 14. The first-order valence-corrected chi connectivity index (χ1v) is 22.4. The number of carbonyl (C=O) groups is 8. The minimum atomic E-state index is -5.79. The van der Waals surface area contributed by atoms with Gasteiger partial charge >= 0.3 is 47.8 Å². The molecule has 0 amide bonds. The van der Waals surface area contributed by atoms with E-state index in [1.54, 1.807) is 0 Å². The van der Waals surface area contributed by atoms with Gasteiger partial charge in [-0.25, -0.2) is 9.59 Å². The number of carboxylic acid groups (broad SMARTS) is 4. The summed E-state index contributed by atoms with van der Waals surface area (Å²) in [4.78, 5) is 99.3. The third kappa shape index (κ3) is 24.7. The van der Waals surface area contributed by atoms with Crippen LogP contribution in [0.5, 0.6) is 0 Å². The van der Waals surface area contributed by atoms with Crippen LogP contribution < -0.4 is 0 Å². The van der Waals surface area contributed by atoms with Crippen LogP contribution in [0.15, 0.2) is 0 Å². The summed E-state index contributed by atoms with van der Waals surface area (Å²) < 4.78 is 53.9. The molecule has 0 radical (unpaired) electrons. The highest BCUT2D eigenvalue weighted by Crippen LogP contribution is 2.28. The molecule has 0 fully saturated rings. The van der Waals surface area contributed by atoms with E-state index in [-0.39, 0.29) is 13.2 Å². The monoisotopic (exact) mass is 882 g/mol. The van der Waals surface area contributed by atoms with E-state index in [9.17, 15) is 71.8 Å². The Balaban J connectivity index is 5.68. The van der Waals surface area contributed by atoms with Gasteiger partial charge in [-0.15, -0.1) is 0 Å². The zero-order valence-corrected chi connectivity index (χ0v) is 35.8. The molecule has 60 heavy (non-hydrogen) atoms. The molecule has 0 aromatic carbocycles. The van der Waals surface area contributed by atoms with E-state index in [1.807, 2.05) is 0 Å². The fourth-order valence-corrected chi connectivity index (χ4v) is 6.88. The van der Waals surface area contributed by atoms with Gasteiger partial charge in [-0.3, -0.25) is 33.3 Å². The Labute approximate surface area is 352 Å². The van der Waals surface area contributed by atoms with Crippen molar-refractivity contribution in [1.82, 2.24) is 0 Å². The molecular weight excluding hydrogens is 816 g/mol. The van der Waals surface area contributed by atoms with Gasteiger partial charge in [0.25, 0.3) is 10.1 Å². The molecule has 0 bridgehead atoms. The summed E-state index contributed by atoms with van der Waals surface area (Å²) in [6, 6.07) is 0. The van der Waals surface area contributed by atoms with Gasteiger partial charge in [0.1, 0.15) is 0 Å². The summed E-state index contributed by atoms with van der Waals surface area (Å²) in [5.74, 6) is -15.1. The van der Waals surface area contributed by atoms with Crippen molar-refractivity contribution in [3.05, 3.63) is 0 Å². The zero-order chi connectivity index (χ0) is 45.6. The molecule has 5 N–H and O–H groups in total. The second-order valence-corrected chi connectivity index (χ2v) is 16.6. The predicted molar refractivity (Wildman–Crippen MR) is 212 cm³/mol. The topological polar surface area (TPSA) is 309 Å². The van der Waals surface area contributed by atoms with E-state index in [0.717, 1.165) is 77.0 Å². The Hall–Kier alpha value is -4.33. The molecule has 19 nitrogen and oxygen atoms in total. The molecular formula is C40H66O19S. The average molecular weight is 883 g/mol. The van der Waals surface area contributed by atoms with Crippen molar-refractivity contribution in [3.63, 3.8) is 0 Å². The third-order valence-electron chi connectivity index (χ3n) is 9.61. The fourth-order valence-electron chi connectivity index (χ4n) is 6.25. The predicted octanol–water partition coefficient (Wildman–Crippen LogP) is 6.02. The van der Waals surface area contributed by atoms with Crippen molar-refractivity contribution in [2.24, 2.45) is 0 Å². The normalized spacial score (nSPS) is 13.8. The number of ether oxygens (including phenoxy) is 4. The largest absolute Gasteiger partial charge is 0.481 e. The van der Waals surface area contributed by atoms with Crippen LogP contribution in [0.1, 0.15) is 174 Å². The van der Waals surface area contributed by atoms with Crippen molar-refractivity contribution in [1.29, 1.82) is 0 Å². The first-order chi connectivity index (χ1) is 28.2. The number of unbranched alkanes of at least 4 members (excludes halogenated alkanes) is 18. The minimum Gasteiger partial charge on any atom is -0.481 e. The number of carboxylic acids is 4. The van der Waals surface area contributed by atoms with Crippen LogP contribution in [0.2, 0.25) is 0 Å². The molecule has 0 aliphatic carbocycles. The number of esters is 4. The van der Waals surface area contributed by atoms with Crippen LogP contribution in [-0.2, 0) is 67.4 Å². The van der Waals surface area contributed by atoms with Crippen molar-refractivity contribution >= 4 is 57.9 Å². The number of aliphatic carboxylic acids is 4. The minimum absolute atomic E-state index is 0.183. The molecule has 0 saturated heterocycles.